The second-order valence-corrected chi connectivity index (χ2v) is 6.94. The van der Waals surface area contributed by atoms with Crippen LogP contribution in [-0.4, -0.2) is 29.3 Å². The van der Waals surface area contributed by atoms with Gasteiger partial charge in [-0.3, -0.25) is 4.79 Å². The van der Waals surface area contributed by atoms with E-state index in [1.165, 1.54) is 0 Å². The van der Waals surface area contributed by atoms with Gasteiger partial charge in [0.05, 0.1) is 11.3 Å². The zero-order valence-corrected chi connectivity index (χ0v) is 15.3. The van der Waals surface area contributed by atoms with Crippen LogP contribution in [-0.2, 0) is 6.61 Å². The van der Waals surface area contributed by atoms with Gasteiger partial charge in [-0.25, -0.2) is 0 Å². The third-order valence-corrected chi connectivity index (χ3v) is 4.20. The number of benzene rings is 1. The summed E-state index contributed by atoms with van der Waals surface area (Å²) in [5.41, 5.74) is 2.19. The number of nitrogens with one attached hydrogen (secondary N) is 1. The fraction of sp³-hybridized carbons (Fsp3) is 0.474. The number of carbonyl (C=O) groups excluding carboxylic acids is 1. The summed E-state index contributed by atoms with van der Waals surface area (Å²) in [4.78, 5) is 12.2. The molecule has 0 aliphatic carbocycles. The third-order valence-electron chi connectivity index (χ3n) is 4.20. The molecule has 1 aromatic heterocycles. The number of aliphatic hydroxyl groups is 1. The molecule has 0 aliphatic heterocycles. The van der Waals surface area contributed by atoms with Crippen LogP contribution in [0.25, 0.3) is 0 Å². The molecule has 25 heavy (non-hydrogen) atoms. The summed E-state index contributed by atoms with van der Waals surface area (Å²) >= 11 is 0. The van der Waals surface area contributed by atoms with Crippen molar-refractivity contribution in [1.29, 1.82) is 0 Å². The topological polar surface area (TPSA) is 84.6 Å². The van der Waals surface area contributed by atoms with Gasteiger partial charge in [-0.1, -0.05) is 19.0 Å². The van der Waals surface area contributed by atoms with Gasteiger partial charge in [-0.05, 0) is 49.9 Å². The van der Waals surface area contributed by atoms with Crippen molar-refractivity contribution in [3.05, 3.63) is 46.8 Å². The highest BCUT2D eigenvalue weighted by molar-refractivity contribution is 5.94. The van der Waals surface area contributed by atoms with Gasteiger partial charge in [-0.15, -0.1) is 0 Å². The quantitative estimate of drug-likeness (QED) is 0.767. The van der Waals surface area contributed by atoms with Gasteiger partial charge in [0.25, 0.3) is 5.91 Å². The summed E-state index contributed by atoms with van der Waals surface area (Å²) in [5, 5.41) is 15.8. The highest BCUT2D eigenvalue weighted by Crippen LogP contribution is 2.20. The van der Waals surface area contributed by atoms with Gasteiger partial charge in [0, 0.05) is 18.7 Å². The molecule has 6 nitrogen and oxygen atoms in total. The molecule has 1 amide bonds. The molecule has 2 N–H and O–H groups in total. The van der Waals surface area contributed by atoms with Crippen molar-refractivity contribution >= 4 is 5.91 Å². The Bertz CT molecular complexity index is 685. The molecule has 0 saturated heterocycles. The number of hydrogen-bond donors (Lipinski definition) is 2. The van der Waals surface area contributed by atoms with Crippen LogP contribution in [0.4, 0.5) is 0 Å². The van der Waals surface area contributed by atoms with Crippen molar-refractivity contribution in [3.8, 4) is 5.75 Å². The number of nitrogens with zero attached hydrogens (tertiary/aromatic N) is 1. The van der Waals surface area contributed by atoms with E-state index < -0.39 is 0 Å². The fourth-order valence-electron chi connectivity index (χ4n) is 2.38. The van der Waals surface area contributed by atoms with Crippen molar-refractivity contribution in [1.82, 2.24) is 10.5 Å². The van der Waals surface area contributed by atoms with Crippen LogP contribution in [0, 0.1) is 19.3 Å². The third kappa shape index (κ3) is 5.32. The minimum Gasteiger partial charge on any atom is -0.489 e. The van der Waals surface area contributed by atoms with Gasteiger partial charge in [0.1, 0.15) is 18.1 Å². The molecule has 0 bridgehead atoms. The Morgan fingerprint density at radius 2 is 1.96 bits per heavy atom. The highest BCUT2D eigenvalue weighted by atomic mass is 16.5. The molecule has 6 heteroatoms. The Balaban J connectivity index is 1.90. The first-order valence-corrected chi connectivity index (χ1v) is 8.36. The predicted molar refractivity (Wildman–Crippen MR) is 94.6 cm³/mol. The van der Waals surface area contributed by atoms with Crippen LogP contribution in [0.15, 0.2) is 28.8 Å². The first-order chi connectivity index (χ1) is 11.8. The molecule has 1 aromatic carbocycles. The lowest BCUT2D eigenvalue weighted by Crippen LogP contribution is -2.34. The molecular formula is C19H26N2O4. The summed E-state index contributed by atoms with van der Waals surface area (Å²) in [6.45, 7) is 8.74. The summed E-state index contributed by atoms with van der Waals surface area (Å²) in [7, 11) is 0. The Labute approximate surface area is 148 Å². The molecule has 1 heterocycles. The van der Waals surface area contributed by atoms with E-state index in [1.54, 1.807) is 24.3 Å². The first kappa shape index (κ1) is 19.0. The zero-order valence-electron chi connectivity index (χ0n) is 15.3. The number of aliphatic hydroxyl groups excluding tert-OH is 1. The van der Waals surface area contributed by atoms with E-state index in [2.05, 4.69) is 10.5 Å². The number of ether oxygens (including phenoxy) is 1. The monoisotopic (exact) mass is 346 g/mol. The fourth-order valence-corrected chi connectivity index (χ4v) is 2.38. The molecule has 2 rings (SSSR count). The molecule has 0 atom stereocenters. The molecule has 0 saturated carbocycles. The van der Waals surface area contributed by atoms with E-state index >= 15 is 0 Å². The predicted octanol–water partition coefficient (Wildman–Crippen LogP) is 3.01. The lowest BCUT2D eigenvalue weighted by molar-refractivity contribution is 0.0928. The number of amides is 1. The first-order valence-electron chi connectivity index (χ1n) is 8.36. The molecule has 2 aromatic rings. The Morgan fingerprint density at radius 1 is 1.28 bits per heavy atom. The zero-order chi connectivity index (χ0) is 18.4. The van der Waals surface area contributed by atoms with Crippen molar-refractivity contribution in [2.24, 2.45) is 5.41 Å². The van der Waals surface area contributed by atoms with Crippen LogP contribution < -0.4 is 10.1 Å². The second kappa shape index (κ2) is 8.16. The normalized spacial score (nSPS) is 11.4. The minimum absolute atomic E-state index is 0.111. The van der Waals surface area contributed by atoms with Gasteiger partial charge < -0.3 is 19.7 Å². The van der Waals surface area contributed by atoms with E-state index in [9.17, 15) is 4.79 Å². The number of rotatable bonds is 8. The maximum atomic E-state index is 12.2. The average molecular weight is 346 g/mol. The van der Waals surface area contributed by atoms with Crippen molar-refractivity contribution < 1.29 is 19.2 Å². The smallest absolute Gasteiger partial charge is 0.251 e. The van der Waals surface area contributed by atoms with Crippen molar-refractivity contribution in [2.75, 3.05) is 13.2 Å². The SMILES string of the molecule is Cc1noc(C)c1COc1ccc(C(=O)NCC(C)(C)CCO)cc1. The molecule has 0 unspecified atom stereocenters. The second-order valence-electron chi connectivity index (χ2n) is 6.94. The minimum atomic E-state index is -0.137. The van der Waals surface area contributed by atoms with Crippen LogP contribution >= 0.6 is 0 Å². The van der Waals surface area contributed by atoms with Crippen LogP contribution in [0.2, 0.25) is 0 Å². The Hall–Kier alpha value is -2.34. The molecule has 0 fully saturated rings. The summed E-state index contributed by atoms with van der Waals surface area (Å²) < 4.78 is 10.8. The van der Waals surface area contributed by atoms with Crippen LogP contribution in [0.5, 0.6) is 5.75 Å². The maximum absolute atomic E-state index is 12.2. The van der Waals surface area contributed by atoms with Crippen molar-refractivity contribution in [3.63, 3.8) is 0 Å². The van der Waals surface area contributed by atoms with E-state index in [1.807, 2.05) is 27.7 Å². The van der Waals surface area contributed by atoms with Gasteiger partial charge in [0.15, 0.2) is 0 Å². The Kier molecular flexibility index (Phi) is 6.20. The highest BCUT2D eigenvalue weighted by Gasteiger charge is 2.18. The van der Waals surface area contributed by atoms with E-state index in [-0.39, 0.29) is 17.9 Å². The van der Waals surface area contributed by atoms with E-state index in [0.717, 1.165) is 17.0 Å². The van der Waals surface area contributed by atoms with Gasteiger partial charge in [0.2, 0.25) is 0 Å². The number of aryl methyl sites for hydroxylation is 2. The Morgan fingerprint density at radius 3 is 2.52 bits per heavy atom. The number of carbonyl (C=O) groups is 1. The largest absolute Gasteiger partial charge is 0.489 e. The molecular weight excluding hydrogens is 320 g/mol. The lowest BCUT2D eigenvalue weighted by Gasteiger charge is -2.23. The van der Waals surface area contributed by atoms with Crippen molar-refractivity contribution in [2.45, 2.75) is 40.7 Å². The molecule has 136 valence electrons. The van der Waals surface area contributed by atoms with Crippen LogP contribution in [0.3, 0.4) is 0 Å². The molecule has 0 spiro atoms. The summed E-state index contributed by atoms with van der Waals surface area (Å²) in [5.74, 6) is 1.29. The molecule has 0 aliphatic rings. The number of aromatic nitrogens is 1. The summed E-state index contributed by atoms with van der Waals surface area (Å²) in [6.07, 6.45) is 0.641. The maximum Gasteiger partial charge on any atom is 0.251 e. The summed E-state index contributed by atoms with van der Waals surface area (Å²) in [6, 6.07) is 7.01. The lowest BCUT2D eigenvalue weighted by atomic mass is 9.89. The van der Waals surface area contributed by atoms with Crippen LogP contribution in [0.1, 0.15) is 47.6 Å². The van der Waals surface area contributed by atoms with E-state index in [0.29, 0.717) is 30.9 Å². The average Bonchev–Trinajstić information content (AvgIpc) is 2.89. The van der Waals surface area contributed by atoms with E-state index in [4.69, 9.17) is 14.4 Å². The molecule has 0 radical (unpaired) electrons. The number of hydrogen-bond acceptors (Lipinski definition) is 5. The van der Waals surface area contributed by atoms with Gasteiger partial charge >= 0.3 is 0 Å². The van der Waals surface area contributed by atoms with Gasteiger partial charge in [-0.2, -0.15) is 0 Å². The standard InChI is InChI=1S/C19H26N2O4/c1-13-17(14(2)25-21-13)11-24-16-7-5-15(6-8-16)18(23)20-12-19(3,4)9-10-22/h5-8,22H,9-12H2,1-4H3,(H,20,23).